The minimum Gasteiger partial charge on any atom is -0.448 e. The lowest BCUT2D eigenvalue weighted by Gasteiger charge is -1.99. The molecule has 1 fully saturated rings. The monoisotopic (exact) mass is 295 g/mol. The first-order valence-corrected chi connectivity index (χ1v) is 7.36. The summed E-state index contributed by atoms with van der Waals surface area (Å²) in [7, 11) is 0.678. The molecule has 1 aromatic rings. The van der Waals surface area contributed by atoms with Crippen LogP contribution in [0.25, 0.3) is 0 Å². The molecule has 108 valence electrons. The molecule has 0 radical (unpaired) electrons. The van der Waals surface area contributed by atoms with Gasteiger partial charge in [0.25, 0.3) is 0 Å². The third-order valence-electron chi connectivity index (χ3n) is 2.53. The maximum Gasteiger partial charge on any atom is 0.347 e. The van der Waals surface area contributed by atoms with Gasteiger partial charge < -0.3 is 15.6 Å². The molecule has 1 saturated heterocycles. The van der Waals surface area contributed by atoms with Gasteiger partial charge in [0.2, 0.25) is 5.78 Å². The van der Waals surface area contributed by atoms with Crippen molar-refractivity contribution in [2.45, 2.75) is 19.6 Å². The molecule has 6 heteroatoms. The summed E-state index contributed by atoms with van der Waals surface area (Å²) in [5.74, 6) is -0.950. The number of rotatable bonds is 3. The molecule has 0 spiro atoms. The molecule has 2 rings (SSSR count). The number of ketones is 1. The van der Waals surface area contributed by atoms with E-state index in [0.717, 1.165) is 0 Å². The van der Waals surface area contributed by atoms with Crippen molar-refractivity contribution in [3.63, 3.8) is 0 Å². The molecule has 3 N–H and O–H groups in total. The molecule has 1 aromatic carbocycles. The van der Waals surface area contributed by atoms with Gasteiger partial charge in [-0.15, -0.1) is 0 Å². The summed E-state index contributed by atoms with van der Waals surface area (Å²) < 4.78 is 4.61. The van der Waals surface area contributed by atoms with Gasteiger partial charge in [0.05, 0.1) is 6.61 Å². The average molecular weight is 295 g/mol. The lowest BCUT2D eigenvalue weighted by Crippen LogP contribution is -2.22. The molecule has 0 bridgehead atoms. The van der Waals surface area contributed by atoms with Crippen LogP contribution in [0.15, 0.2) is 30.3 Å². The quantitative estimate of drug-likeness (QED) is 0.634. The number of hydrogen-bond acceptors (Lipinski definition) is 5. The van der Waals surface area contributed by atoms with Crippen LogP contribution >= 0.6 is 8.20 Å². The first-order valence-electron chi connectivity index (χ1n) is 6.28. The van der Waals surface area contributed by atoms with Crippen molar-refractivity contribution in [3.8, 4) is 0 Å². The van der Waals surface area contributed by atoms with Gasteiger partial charge in [-0.2, -0.15) is 0 Å². The lowest BCUT2D eigenvalue weighted by molar-refractivity contribution is -0.141. The Kier molecular flexibility index (Phi) is 7.09. The van der Waals surface area contributed by atoms with Crippen LogP contribution in [0.2, 0.25) is 0 Å². The number of hydrogen-bond donors (Lipinski definition) is 2. The van der Waals surface area contributed by atoms with E-state index in [9.17, 15) is 9.59 Å². The number of cyclic esters (lactones) is 1. The Balaban J connectivity index is 0.000000217. The number of aliphatic hydroxyl groups excluding tert-OH is 1. The van der Waals surface area contributed by atoms with Crippen LogP contribution < -0.4 is 5.73 Å². The van der Waals surface area contributed by atoms with Gasteiger partial charge in [0.1, 0.15) is 5.29 Å². The maximum atomic E-state index is 11.2. The summed E-state index contributed by atoms with van der Waals surface area (Å²) in [4.78, 5) is 22.1. The van der Waals surface area contributed by atoms with Gasteiger partial charge in [-0.05, 0) is 11.7 Å². The summed E-state index contributed by atoms with van der Waals surface area (Å²) in [5.41, 5.74) is 6.54. The summed E-state index contributed by atoms with van der Waals surface area (Å²) >= 11 is 0. The highest BCUT2D eigenvalue weighted by Gasteiger charge is 2.37. The summed E-state index contributed by atoms with van der Waals surface area (Å²) in [6.07, 6.45) is -0.250. The van der Waals surface area contributed by atoms with Gasteiger partial charge in [0, 0.05) is 6.54 Å². The van der Waals surface area contributed by atoms with E-state index in [0.29, 0.717) is 20.9 Å². The normalized spacial score (nSPS) is 19.6. The van der Waals surface area contributed by atoms with E-state index in [1.165, 1.54) is 5.56 Å². The molecule has 1 heterocycles. The van der Waals surface area contributed by atoms with Gasteiger partial charge >= 0.3 is 5.97 Å². The zero-order chi connectivity index (χ0) is 15.0. The van der Waals surface area contributed by atoms with E-state index in [-0.39, 0.29) is 11.1 Å². The molecular weight excluding hydrogens is 277 g/mol. The molecule has 1 atom stereocenters. The first-order chi connectivity index (χ1) is 9.63. The zero-order valence-corrected chi connectivity index (χ0v) is 12.2. The standard InChI is InChI=1S/C7H9N.C7H9O4P/c8-6-7-4-2-1-3-5-7;1-2-12-6-5(9)4(3-8)11-7(6)10/h1-5H,6,8H2;4,8H,2-3H2,1H3. The number of nitrogens with two attached hydrogens (primary N) is 1. The smallest absolute Gasteiger partial charge is 0.347 e. The SMILES string of the molecule is CCP=C1C(=O)OC(CO)C1=O.NCc1ccccc1. The van der Waals surface area contributed by atoms with Crippen molar-refractivity contribution in [3.05, 3.63) is 35.9 Å². The molecule has 0 aliphatic carbocycles. The molecule has 1 aliphatic heterocycles. The van der Waals surface area contributed by atoms with Gasteiger partial charge in [-0.3, -0.25) is 4.79 Å². The zero-order valence-electron chi connectivity index (χ0n) is 11.3. The van der Waals surface area contributed by atoms with Gasteiger partial charge in [0.15, 0.2) is 6.10 Å². The van der Waals surface area contributed by atoms with Crippen molar-refractivity contribution < 1.29 is 19.4 Å². The van der Waals surface area contributed by atoms with Crippen molar-refractivity contribution >= 4 is 25.3 Å². The fourth-order valence-corrected chi connectivity index (χ4v) is 2.32. The number of aliphatic hydroxyl groups is 1. The molecule has 0 aromatic heterocycles. The Morgan fingerprint density at radius 1 is 1.30 bits per heavy atom. The second-order valence-corrected chi connectivity index (χ2v) is 5.35. The number of carbonyl (C=O) groups is 2. The molecule has 0 saturated carbocycles. The molecule has 20 heavy (non-hydrogen) atoms. The maximum absolute atomic E-state index is 11.2. The van der Waals surface area contributed by atoms with E-state index in [1.807, 2.05) is 37.3 Å². The first kappa shape index (κ1) is 16.5. The average Bonchev–Trinajstić information content (AvgIpc) is 2.76. The molecule has 1 aliphatic rings. The van der Waals surface area contributed by atoms with Crippen LogP contribution in [0.3, 0.4) is 0 Å². The fourth-order valence-electron chi connectivity index (χ4n) is 1.53. The largest absolute Gasteiger partial charge is 0.448 e. The highest BCUT2D eigenvalue weighted by atomic mass is 31.1. The predicted octanol–water partition coefficient (Wildman–Crippen LogP) is 0.757. The minimum absolute atomic E-state index is 0.163. The number of esters is 1. The highest BCUT2D eigenvalue weighted by Crippen LogP contribution is 2.13. The Morgan fingerprint density at radius 3 is 2.35 bits per heavy atom. The van der Waals surface area contributed by atoms with Crippen LogP contribution in [0.5, 0.6) is 0 Å². The molecule has 5 nitrogen and oxygen atoms in total. The Bertz CT molecular complexity index is 487. The van der Waals surface area contributed by atoms with Crippen molar-refractivity contribution in [2.24, 2.45) is 5.73 Å². The predicted molar refractivity (Wildman–Crippen MR) is 78.8 cm³/mol. The number of ether oxygens (including phenoxy) is 1. The second kappa shape index (κ2) is 8.59. The van der Waals surface area contributed by atoms with Gasteiger partial charge in [-0.25, -0.2) is 4.79 Å². The van der Waals surface area contributed by atoms with Crippen molar-refractivity contribution in [1.29, 1.82) is 0 Å². The Labute approximate surface area is 119 Å². The third-order valence-corrected chi connectivity index (χ3v) is 3.56. The van der Waals surface area contributed by atoms with Gasteiger partial charge in [-0.1, -0.05) is 45.5 Å². The minimum atomic E-state index is -0.952. The van der Waals surface area contributed by atoms with Crippen LogP contribution in [0, 0.1) is 0 Å². The van der Waals surface area contributed by atoms with E-state index >= 15 is 0 Å². The molecule has 0 amide bonds. The topological polar surface area (TPSA) is 89.6 Å². The highest BCUT2D eigenvalue weighted by molar-refractivity contribution is 7.47. The molecular formula is C14H18NO4P. The summed E-state index contributed by atoms with van der Waals surface area (Å²) in [5, 5.41) is 8.79. The van der Waals surface area contributed by atoms with E-state index in [1.54, 1.807) is 0 Å². The Morgan fingerprint density at radius 2 is 1.95 bits per heavy atom. The number of Topliss-reactive ketones (excluding diaryl/α,β-unsaturated/α-hetero) is 1. The number of carbonyl (C=O) groups excluding carboxylic acids is 2. The summed E-state index contributed by atoms with van der Waals surface area (Å²) in [6.45, 7) is 2.08. The van der Waals surface area contributed by atoms with Crippen LogP contribution in [-0.4, -0.2) is 41.0 Å². The lowest BCUT2D eigenvalue weighted by atomic mass is 10.2. The van der Waals surface area contributed by atoms with E-state index in [4.69, 9.17) is 10.8 Å². The van der Waals surface area contributed by atoms with Crippen molar-refractivity contribution in [2.75, 3.05) is 12.8 Å². The third kappa shape index (κ3) is 4.53. The van der Waals surface area contributed by atoms with E-state index < -0.39 is 18.7 Å². The second-order valence-electron chi connectivity index (χ2n) is 3.95. The van der Waals surface area contributed by atoms with Crippen molar-refractivity contribution in [1.82, 2.24) is 0 Å². The molecule has 1 unspecified atom stereocenters. The van der Waals surface area contributed by atoms with Crippen LogP contribution in [0.4, 0.5) is 0 Å². The Hall–Kier alpha value is -1.55. The van der Waals surface area contributed by atoms with Crippen LogP contribution in [0.1, 0.15) is 12.5 Å². The van der Waals surface area contributed by atoms with Crippen LogP contribution in [-0.2, 0) is 20.9 Å². The number of benzene rings is 1. The van der Waals surface area contributed by atoms with E-state index in [2.05, 4.69) is 4.74 Å². The summed E-state index contributed by atoms with van der Waals surface area (Å²) in [6, 6.07) is 9.99. The fraction of sp³-hybridized carbons (Fsp3) is 0.357.